The molecule has 0 saturated heterocycles. The van der Waals surface area contributed by atoms with Crippen LogP contribution in [0.4, 0.5) is 0 Å². The van der Waals surface area contributed by atoms with Crippen LogP contribution in [0, 0.1) is 6.92 Å². The average molecular weight is 324 g/mol. The zero-order valence-corrected chi connectivity index (χ0v) is 13.5. The number of ether oxygens (including phenoxy) is 1. The highest BCUT2D eigenvalue weighted by Gasteiger charge is 2.11. The normalized spacial score (nSPS) is 10.4. The lowest BCUT2D eigenvalue weighted by molar-refractivity contribution is 0.0950. The molecule has 2 rings (SSSR count). The highest BCUT2D eigenvalue weighted by Crippen LogP contribution is 2.22. The van der Waals surface area contributed by atoms with Gasteiger partial charge < -0.3 is 10.1 Å². The van der Waals surface area contributed by atoms with E-state index in [1.807, 2.05) is 6.92 Å². The summed E-state index contributed by atoms with van der Waals surface area (Å²) in [5.74, 6) is 1.06. The van der Waals surface area contributed by atoms with E-state index in [-0.39, 0.29) is 5.91 Å². The molecule has 1 N–H and O–H groups in total. The van der Waals surface area contributed by atoms with E-state index in [9.17, 15) is 4.79 Å². The summed E-state index contributed by atoms with van der Waals surface area (Å²) in [6.45, 7) is 2.53. The van der Waals surface area contributed by atoms with Gasteiger partial charge in [-0.3, -0.25) is 4.79 Å². The first kappa shape index (κ1) is 15.7. The average Bonchev–Trinajstić information content (AvgIpc) is 2.92. The second kappa shape index (κ2) is 7.94. The second-order valence-corrected chi connectivity index (χ2v) is 6.63. The van der Waals surface area contributed by atoms with Gasteiger partial charge in [-0.05, 0) is 25.5 Å². The van der Waals surface area contributed by atoms with E-state index in [0.29, 0.717) is 18.0 Å². The summed E-state index contributed by atoms with van der Waals surface area (Å²) in [6, 6.07) is 3.41. The van der Waals surface area contributed by atoms with Gasteiger partial charge in [-0.15, -0.1) is 10.2 Å². The Hall–Kier alpha value is -1.67. The van der Waals surface area contributed by atoms with Crippen LogP contribution in [0.2, 0.25) is 0 Å². The Labute approximate surface area is 131 Å². The molecule has 0 spiro atoms. The smallest absolute Gasteiger partial charge is 0.256 e. The van der Waals surface area contributed by atoms with Crippen LogP contribution in [0.5, 0.6) is 5.88 Å². The number of aryl methyl sites for hydroxylation is 1. The number of carbonyl (C=O) groups excluding carboxylic acids is 1. The summed E-state index contributed by atoms with van der Waals surface area (Å²) < 4.78 is 6.03. The topological polar surface area (TPSA) is 77.0 Å². The number of hydrogen-bond donors (Lipinski definition) is 1. The number of nitrogens with one attached hydrogen (secondary N) is 1. The quantitative estimate of drug-likeness (QED) is 0.621. The summed E-state index contributed by atoms with van der Waals surface area (Å²) in [7, 11) is 1.50. The largest absolute Gasteiger partial charge is 0.480 e. The van der Waals surface area contributed by atoms with Crippen LogP contribution in [-0.2, 0) is 0 Å². The van der Waals surface area contributed by atoms with E-state index in [1.165, 1.54) is 7.11 Å². The molecule has 0 saturated carbocycles. The van der Waals surface area contributed by atoms with Crippen molar-refractivity contribution in [2.24, 2.45) is 0 Å². The molecular weight excluding hydrogens is 308 g/mol. The van der Waals surface area contributed by atoms with Gasteiger partial charge in [0.1, 0.15) is 10.6 Å². The summed E-state index contributed by atoms with van der Waals surface area (Å²) in [4.78, 5) is 16.0. The molecule has 0 aliphatic heterocycles. The Morgan fingerprint density at radius 1 is 1.48 bits per heavy atom. The third-order valence-corrected chi connectivity index (χ3v) is 4.61. The molecule has 2 aromatic rings. The number of nitrogens with zero attached hydrogens (tertiary/aromatic N) is 3. The molecule has 2 aromatic heterocycles. The Bertz CT molecular complexity index is 603. The number of carbonyl (C=O) groups is 1. The summed E-state index contributed by atoms with van der Waals surface area (Å²) in [5.41, 5.74) is 0.451. The van der Waals surface area contributed by atoms with Crippen LogP contribution in [-0.4, -0.2) is 40.5 Å². The molecular formula is C13H16N4O2S2. The van der Waals surface area contributed by atoms with E-state index in [4.69, 9.17) is 4.74 Å². The number of rotatable bonds is 7. The van der Waals surface area contributed by atoms with Gasteiger partial charge in [0.15, 0.2) is 4.34 Å². The lowest BCUT2D eigenvalue weighted by atomic mass is 10.2. The maximum absolute atomic E-state index is 12.0. The van der Waals surface area contributed by atoms with E-state index in [2.05, 4.69) is 20.5 Å². The van der Waals surface area contributed by atoms with Gasteiger partial charge in [-0.2, -0.15) is 0 Å². The Morgan fingerprint density at radius 3 is 3.05 bits per heavy atom. The highest BCUT2D eigenvalue weighted by atomic mass is 32.2. The molecule has 112 valence electrons. The van der Waals surface area contributed by atoms with Crippen LogP contribution in [0.1, 0.15) is 21.8 Å². The van der Waals surface area contributed by atoms with Crippen molar-refractivity contribution in [3.8, 4) is 5.88 Å². The number of amides is 1. The van der Waals surface area contributed by atoms with Crippen molar-refractivity contribution < 1.29 is 9.53 Å². The van der Waals surface area contributed by atoms with Gasteiger partial charge in [0.2, 0.25) is 5.88 Å². The van der Waals surface area contributed by atoms with Gasteiger partial charge in [-0.1, -0.05) is 23.1 Å². The van der Waals surface area contributed by atoms with E-state index in [1.54, 1.807) is 41.4 Å². The fourth-order valence-corrected chi connectivity index (χ4v) is 3.42. The minimum atomic E-state index is -0.170. The van der Waals surface area contributed by atoms with Crippen LogP contribution in [0.3, 0.4) is 0 Å². The number of pyridine rings is 1. The molecule has 0 unspecified atom stereocenters. The zero-order chi connectivity index (χ0) is 15.1. The van der Waals surface area contributed by atoms with Crippen molar-refractivity contribution >= 4 is 29.0 Å². The predicted molar refractivity (Wildman–Crippen MR) is 83.1 cm³/mol. The van der Waals surface area contributed by atoms with Gasteiger partial charge in [0.25, 0.3) is 5.91 Å². The molecule has 0 atom stereocenters. The van der Waals surface area contributed by atoms with Gasteiger partial charge in [0, 0.05) is 18.5 Å². The van der Waals surface area contributed by atoms with Crippen LogP contribution >= 0.6 is 23.1 Å². The molecule has 2 heterocycles. The zero-order valence-electron chi connectivity index (χ0n) is 11.8. The van der Waals surface area contributed by atoms with Crippen molar-refractivity contribution in [1.82, 2.24) is 20.5 Å². The fraction of sp³-hybridized carbons (Fsp3) is 0.385. The summed E-state index contributed by atoms with van der Waals surface area (Å²) >= 11 is 3.24. The fourth-order valence-electron chi connectivity index (χ4n) is 1.59. The standard InChI is InChI=1S/C13H16N4O2S2/c1-9-16-17-13(21-9)20-8-4-7-14-11(18)10-5-3-6-15-12(10)19-2/h3,5-6H,4,7-8H2,1-2H3,(H,14,18). The molecule has 6 nitrogen and oxygen atoms in total. The molecule has 0 bridgehead atoms. The molecule has 8 heteroatoms. The summed E-state index contributed by atoms with van der Waals surface area (Å²) in [6.07, 6.45) is 2.45. The number of methoxy groups -OCH3 is 1. The van der Waals surface area contributed by atoms with Gasteiger partial charge >= 0.3 is 0 Å². The number of aromatic nitrogens is 3. The lowest BCUT2D eigenvalue weighted by Gasteiger charge is -2.07. The van der Waals surface area contributed by atoms with Gasteiger partial charge in [0.05, 0.1) is 7.11 Å². The predicted octanol–water partition coefficient (Wildman–Crippen LogP) is 2.16. The summed E-state index contributed by atoms with van der Waals surface area (Å²) in [5, 5.41) is 11.8. The lowest BCUT2D eigenvalue weighted by Crippen LogP contribution is -2.25. The minimum absolute atomic E-state index is 0.170. The molecule has 0 aliphatic carbocycles. The van der Waals surface area contributed by atoms with E-state index in [0.717, 1.165) is 21.5 Å². The van der Waals surface area contributed by atoms with Crippen molar-refractivity contribution in [3.63, 3.8) is 0 Å². The third-order valence-electron chi connectivity index (χ3n) is 2.55. The van der Waals surface area contributed by atoms with Crippen molar-refractivity contribution in [1.29, 1.82) is 0 Å². The van der Waals surface area contributed by atoms with Crippen molar-refractivity contribution in [2.45, 2.75) is 17.7 Å². The molecule has 0 aromatic carbocycles. The maximum atomic E-state index is 12.0. The van der Waals surface area contributed by atoms with E-state index >= 15 is 0 Å². The van der Waals surface area contributed by atoms with Crippen LogP contribution in [0.25, 0.3) is 0 Å². The first-order valence-corrected chi connectivity index (χ1v) is 8.21. The monoisotopic (exact) mass is 324 g/mol. The molecule has 0 radical (unpaired) electrons. The SMILES string of the molecule is COc1ncccc1C(=O)NCCCSc1nnc(C)s1. The second-order valence-electron chi connectivity index (χ2n) is 4.11. The number of hydrogen-bond acceptors (Lipinski definition) is 7. The first-order chi connectivity index (χ1) is 10.2. The first-order valence-electron chi connectivity index (χ1n) is 6.41. The van der Waals surface area contributed by atoms with Gasteiger partial charge in [-0.25, -0.2) is 4.98 Å². The molecule has 0 aliphatic rings. The maximum Gasteiger partial charge on any atom is 0.256 e. The molecule has 1 amide bonds. The Kier molecular flexibility index (Phi) is 5.94. The minimum Gasteiger partial charge on any atom is -0.480 e. The Morgan fingerprint density at radius 2 is 2.33 bits per heavy atom. The molecule has 21 heavy (non-hydrogen) atoms. The van der Waals surface area contributed by atoms with Crippen molar-refractivity contribution in [2.75, 3.05) is 19.4 Å². The van der Waals surface area contributed by atoms with Crippen LogP contribution < -0.4 is 10.1 Å². The Balaban J connectivity index is 1.72. The van der Waals surface area contributed by atoms with Crippen molar-refractivity contribution in [3.05, 3.63) is 28.9 Å². The highest BCUT2D eigenvalue weighted by molar-refractivity contribution is 8.01. The number of thioether (sulfide) groups is 1. The molecule has 0 fully saturated rings. The van der Waals surface area contributed by atoms with Crippen LogP contribution in [0.15, 0.2) is 22.7 Å². The van der Waals surface area contributed by atoms with E-state index < -0.39 is 0 Å². The third kappa shape index (κ3) is 4.68.